The van der Waals surface area contributed by atoms with Crippen LogP contribution in [0.1, 0.15) is 15.9 Å². The maximum Gasteiger partial charge on any atom is 0.252 e. The van der Waals surface area contributed by atoms with Crippen LogP contribution in [0.4, 0.5) is 0 Å². The molecule has 1 atom stereocenters. The quantitative estimate of drug-likeness (QED) is 0.850. The number of amides is 1. The minimum absolute atomic E-state index is 0.222. The number of aliphatic hydroxyl groups is 1. The van der Waals surface area contributed by atoms with E-state index in [0.717, 1.165) is 5.56 Å². The predicted octanol–water partition coefficient (Wildman–Crippen LogP) is 1.41. The van der Waals surface area contributed by atoms with Gasteiger partial charge in [0.25, 0.3) is 5.91 Å². The number of benzene rings is 1. The Balaban J connectivity index is 1.81. The summed E-state index contributed by atoms with van der Waals surface area (Å²) < 4.78 is 0. The van der Waals surface area contributed by atoms with Gasteiger partial charge in [0, 0.05) is 25.4 Å². The molecule has 4 nitrogen and oxygen atoms in total. The Kier molecular flexibility index (Phi) is 4.64. The molecule has 1 heterocycles. The van der Waals surface area contributed by atoms with Crippen LogP contribution in [0.15, 0.2) is 54.9 Å². The van der Waals surface area contributed by atoms with Gasteiger partial charge in [-0.1, -0.05) is 30.3 Å². The van der Waals surface area contributed by atoms with Gasteiger partial charge in [-0.25, -0.2) is 0 Å². The highest BCUT2D eigenvalue weighted by Crippen LogP contribution is 2.03. The summed E-state index contributed by atoms with van der Waals surface area (Å²) in [6, 6.07) is 13.1. The Morgan fingerprint density at radius 2 is 2.00 bits per heavy atom. The summed E-state index contributed by atoms with van der Waals surface area (Å²) in [4.78, 5) is 15.6. The molecule has 4 heteroatoms. The molecule has 19 heavy (non-hydrogen) atoms. The molecule has 0 fully saturated rings. The number of carbonyl (C=O) groups is 1. The third kappa shape index (κ3) is 4.19. The molecular formula is C15H16N2O2. The van der Waals surface area contributed by atoms with E-state index in [4.69, 9.17) is 0 Å². The van der Waals surface area contributed by atoms with Gasteiger partial charge in [-0.05, 0) is 17.7 Å². The highest BCUT2D eigenvalue weighted by Gasteiger charge is 2.09. The van der Waals surface area contributed by atoms with Gasteiger partial charge in [-0.3, -0.25) is 9.78 Å². The summed E-state index contributed by atoms with van der Waals surface area (Å²) in [5.41, 5.74) is 1.54. The normalized spacial score (nSPS) is 11.8. The lowest BCUT2D eigenvalue weighted by Gasteiger charge is -2.11. The van der Waals surface area contributed by atoms with E-state index in [1.54, 1.807) is 18.3 Å². The molecule has 0 aliphatic carbocycles. The van der Waals surface area contributed by atoms with Crippen LogP contribution in [-0.4, -0.2) is 28.6 Å². The van der Waals surface area contributed by atoms with Crippen molar-refractivity contribution in [1.82, 2.24) is 10.3 Å². The summed E-state index contributed by atoms with van der Waals surface area (Å²) in [6.07, 6.45) is 3.04. The Hall–Kier alpha value is -2.20. The SMILES string of the molecule is O=C(NCC(O)Cc1ccccc1)c1cccnc1. The number of hydrogen-bond donors (Lipinski definition) is 2. The molecule has 0 radical (unpaired) electrons. The number of nitrogens with zero attached hydrogens (tertiary/aromatic N) is 1. The Labute approximate surface area is 112 Å². The molecule has 2 rings (SSSR count). The third-order valence-electron chi connectivity index (χ3n) is 2.74. The summed E-state index contributed by atoms with van der Waals surface area (Å²) in [5.74, 6) is -0.222. The first-order valence-electron chi connectivity index (χ1n) is 6.16. The fourth-order valence-corrected chi connectivity index (χ4v) is 1.77. The summed E-state index contributed by atoms with van der Waals surface area (Å²) in [6.45, 7) is 0.225. The van der Waals surface area contributed by atoms with Crippen molar-refractivity contribution in [3.05, 3.63) is 66.0 Å². The second-order valence-electron chi connectivity index (χ2n) is 4.30. The van der Waals surface area contributed by atoms with Crippen molar-refractivity contribution in [2.24, 2.45) is 0 Å². The lowest BCUT2D eigenvalue weighted by Crippen LogP contribution is -2.33. The monoisotopic (exact) mass is 256 g/mol. The fourth-order valence-electron chi connectivity index (χ4n) is 1.77. The summed E-state index contributed by atoms with van der Waals surface area (Å²) >= 11 is 0. The smallest absolute Gasteiger partial charge is 0.252 e. The average molecular weight is 256 g/mol. The topological polar surface area (TPSA) is 62.2 Å². The van der Waals surface area contributed by atoms with Crippen LogP contribution in [0, 0.1) is 0 Å². The number of pyridine rings is 1. The lowest BCUT2D eigenvalue weighted by atomic mass is 10.1. The highest BCUT2D eigenvalue weighted by atomic mass is 16.3. The lowest BCUT2D eigenvalue weighted by molar-refractivity contribution is 0.0915. The van der Waals surface area contributed by atoms with Crippen molar-refractivity contribution in [3.8, 4) is 0 Å². The van der Waals surface area contributed by atoms with Crippen molar-refractivity contribution >= 4 is 5.91 Å². The zero-order valence-electron chi connectivity index (χ0n) is 10.5. The Bertz CT molecular complexity index is 514. The molecule has 0 bridgehead atoms. The van der Waals surface area contributed by atoms with Gasteiger partial charge in [-0.2, -0.15) is 0 Å². The van der Waals surface area contributed by atoms with Gasteiger partial charge in [0.15, 0.2) is 0 Å². The van der Waals surface area contributed by atoms with Crippen LogP contribution in [-0.2, 0) is 6.42 Å². The van der Waals surface area contributed by atoms with Crippen LogP contribution >= 0.6 is 0 Å². The van der Waals surface area contributed by atoms with Crippen molar-refractivity contribution < 1.29 is 9.90 Å². The van der Waals surface area contributed by atoms with Crippen LogP contribution < -0.4 is 5.32 Å². The maximum atomic E-state index is 11.7. The van der Waals surface area contributed by atoms with Gasteiger partial charge < -0.3 is 10.4 Å². The van der Waals surface area contributed by atoms with Crippen molar-refractivity contribution in [3.63, 3.8) is 0 Å². The third-order valence-corrected chi connectivity index (χ3v) is 2.74. The first-order chi connectivity index (χ1) is 9.25. The molecule has 2 N–H and O–H groups in total. The van der Waals surface area contributed by atoms with E-state index in [1.165, 1.54) is 6.20 Å². The summed E-state index contributed by atoms with van der Waals surface area (Å²) in [5, 5.41) is 12.6. The number of aliphatic hydroxyl groups excluding tert-OH is 1. The van der Waals surface area contributed by atoms with E-state index in [1.807, 2.05) is 30.3 Å². The molecule has 1 aromatic carbocycles. The number of carbonyl (C=O) groups excluding carboxylic acids is 1. The first-order valence-corrected chi connectivity index (χ1v) is 6.16. The minimum Gasteiger partial charge on any atom is -0.391 e. The molecule has 2 aromatic rings. The molecule has 98 valence electrons. The largest absolute Gasteiger partial charge is 0.391 e. The van der Waals surface area contributed by atoms with Crippen LogP contribution in [0.25, 0.3) is 0 Å². The summed E-state index contributed by atoms with van der Waals surface area (Å²) in [7, 11) is 0. The molecule has 0 aliphatic rings. The number of rotatable bonds is 5. The van der Waals surface area contributed by atoms with Crippen molar-refractivity contribution in [2.45, 2.75) is 12.5 Å². The van der Waals surface area contributed by atoms with Gasteiger partial charge in [0.1, 0.15) is 0 Å². The Morgan fingerprint density at radius 3 is 2.68 bits per heavy atom. The molecule has 1 aromatic heterocycles. The van der Waals surface area contributed by atoms with Crippen molar-refractivity contribution in [2.75, 3.05) is 6.54 Å². The molecular weight excluding hydrogens is 240 g/mol. The van der Waals surface area contributed by atoms with Gasteiger partial charge >= 0.3 is 0 Å². The highest BCUT2D eigenvalue weighted by molar-refractivity contribution is 5.93. The predicted molar refractivity (Wildman–Crippen MR) is 72.7 cm³/mol. The van der Waals surface area contributed by atoms with E-state index in [9.17, 15) is 9.90 Å². The van der Waals surface area contributed by atoms with Gasteiger partial charge in [0.05, 0.1) is 11.7 Å². The Morgan fingerprint density at radius 1 is 1.21 bits per heavy atom. The zero-order valence-corrected chi connectivity index (χ0v) is 10.5. The molecule has 1 unspecified atom stereocenters. The van der Waals surface area contributed by atoms with Gasteiger partial charge in [0.2, 0.25) is 0 Å². The van der Waals surface area contributed by atoms with E-state index in [-0.39, 0.29) is 12.5 Å². The molecule has 1 amide bonds. The van der Waals surface area contributed by atoms with Crippen molar-refractivity contribution in [1.29, 1.82) is 0 Å². The zero-order chi connectivity index (χ0) is 13.5. The minimum atomic E-state index is -0.594. The standard InChI is InChI=1S/C15H16N2O2/c18-14(9-12-5-2-1-3-6-12)11-17-15(19)13-7-4-8-16-10-13/h1-8,10,14,18H,9,11H2,(H,17,19). The van der Waals surface area contributed by atoms with E-state index >= 15 is 0 Å². The number of hydrogen-bond acceptors (Lipinski definition) is 3. The second kappa shape index (κ2) is 6.66. The number of nitrogens with one attached hydrogen (secondary N) is 1. The van der Waals surface area contributed by atoms with E-state index < -0.39 is 6.10 Å². The van der Waals surface area contributed by atoms with Crippen LogP contribution in [0.5, 0.6) is 0 Å². The maximum absolute atomic E-state index is 11.7. The van der Waals surface area contributed by atoms with E-state index in [0.29, 0.717) is 12.0 Å². The van der Waals surface area contributed by atoms with Crippen LogP contribution in [0.3, 0.4) is 0 Å². The molecule has 0 aliphatic heterocycles. The molecule has 0 spiro atoms. The average Bonchev–Trinajstić information content (AvgIpc) is 2.47. The molecule has 0 saturated carbocycles. The van der Waals surface area contributed by atoms with E-state index in [2.05, 4.69) is 10.3 Å². The van der Waals surface area contributed by atoms with Gasteiger partial charge in [-0.15, -0.1) is 0 Å². The second-order valence-corrected chi connectivity index (χ2v) is 4.30. The fraction of sp³-hybridized carbons (Fsp3) is 0.200. The first kappa shape index (κ1) is 13.2. The molecule has 0 saturated heterocycles. The number of aromatic nitrogens is 1. The van der Waals surface area contributed by atoms with Crippen LogP contribution in [0.2, 0.25) is 0 Å².